The molecule has 0 spiro atoms. The van der Waals surface area contributed by atoms with Crippen LogP contribution in [0.4, 0.5) is 5.69 Å². The lowest BCUT2D eigenvalue weighted by Gasteiger charge is -2.06. The predicted molar refractivity (Wildman–Crippen MR) is 91.5 cm³/mol. The van der Waals surface area contributed by atoms with Crippen LogP contribution in [0.3, 0.4) is 0 Å². The molecule has 0 bridgehead atoms. The number of amides is 1. The maximum Gasteiger partial charge on any atom is 0.234 e. The van der Waals surface area contributed by atoms with Gasteiger partial charge < -0.3 is 5.32 Å². The van der Waals surface area contributed by atoms with Gasteiger partial charge in [0.1, 0.15) is 0 Å². The summed E-state index contributed by atoms with van der Waals surface area (Å²) in [5.41, 5.74) is 1.92. The summed E-state index contributed by atoms with van der Waals surface area (Å²) in [5.74, 6) is 1.38. The van der Waals surface area contributed by atoms with E-state index in [9.17, 15) is 4.79 Å². The maximum absolute atomic E-state index is 11.9. The second-order valence-electron chi connectivity index (χ2n) is 4.33. The summed E-state index contributed by atoms with van der Waals surface area (Å²) in [4.78, 5) is 11.9. The summed E-state index contributed by atoms with van der Waals surface area (Å²) in [7, 11) is 0. The average molecular weight is 340 g/mol. The van der Waals surface area contributed by atoms with Gasteiger partial charge in [0, 0.05) is 11.4 Å². The zero-order chi connectivity index (χ0) is 15.1. The van der Waals surface area contributed by atoms with Gasteiger partial charge in [-0.3, -0.25) is 4.79 Å². The third-order valence-electron chi connectivity index (χ3n) is 2.56. The first-order valence-corrected chi connectivity index (χ1v) is 9.42. The fourth-order valence-corrected chi connectivity index (χ4v) is 4.28. The molecule has 4 nitrogen and oxygen atoms in total. The predicted octanol–water partition coefficient (Wildman–Crippen LogP) is 4.08. The number of carbonyl (C=O) groups is 1. The lowest BCUT2D eigenvalue weighted by molar-refractivity contribution is -0.113. The van der Waals surface area contributed by atoms with E-state index in [1.54, 1.807) is 23.1 Å². The molecule has 2 aromatic rings. The molecule has 1 N–H and O–H groups in total. The second-order valence-corrected chi connectivity index (χ2v) is 7.88. The fourth-order valence-electron chi connectivity index (χ4n) is 1.53. The molecule has 0 aliphatic rings. The Bertz CT molecular complexity index is 601. The number of anilines is 1. The summed E-state index contributed by atoms with van der Waals surface area (Å²) >= 11 is 4.69. The standard InChI is InChI=1S/C14H17N3OS3/c1-3-8-19-13-16-17-14(21-13)20-9-12(18)15-11-7-5-4-6-10(11)2/h4-7H,3,8-9H2,1-2H3,(H,15,18). The van der Waals surface area contributed by atoms with Gasteiger partial charge in [0.05, 0.1) is 5.75 Å². The summed E-state index contributed by atoms with van der Waals surface area (Å²) in [6, 6.07) is 7.75. The molecule has 0 saturated heterocycles. The average Bonchev–Trinajstić information content (AvgIpc) is 2.93. The van der Waals surface area contributed by atoms with Gasteiger partial charge in [0.15, 0.2) is 8.68 Å². The van der Waals surface area contributed by atoms with E-state index in [1.807, 2.05) is 31.2 Å². The Balaban J connectivity index is 1.81. The van der Waals surface area contributed by atoms with Gasteiger partial charge in [-0.1, -0.05) is 60.0 Å². The van der Waals surface area contributed by atoms with E-state index in [-0.39, 0.29) is 5.91 Å². The highest BCUT2D eigenvalue weighted by Crippen LogP contribution is 2.29. The van der Waals surface area contributed by atoms with Crippen LogP contribution in [-0.4, -0.2) is 27.6 Å². The first-order chi connectivity index (χ1) is 10.2. The lowest BCUT2D eigenvalue weighted by Crippen LogP contribution is -2.14. The third-order valence-corrected chi connectivity index (χ3v) is 5.96. The van der Waals surface area contributed by atoms with Crippen LogP contribution in [0.2, 0.25) is 0 Å². The number of aromatic nitrogens is 2. The monoisotopic (exact) mass is 339 g/mol. The molecule has 0 saturated carbocycles. The molecule has 0 radical (unpaired) electrons. The molecule has 1 amide bonds. The van der Waals surface area contributed by atoms with Crippen LogP contribution in [0.25, 0.3) is 0 Å². The molecular formula is C14H17N3OS3. The van der Waals surface area contributed by atoms with Gasteiger partial charge in [-0.15, -0.1) is 10.2 Å². The first-order valence-electron chi connectivity index (χ1n) is 6.63. The highest BCUT2D eigenvalue weighted by atomic mass is 32.2. The van der Waals surface area contributed by atoms with Gasteiger partial charge >= 0.3 is 0 Å². The largest absolute Gasteiger partial charge is 0.325 e. The van der Waals surface area contributed by atoms with Crippen molar-refractivity contribution in [3.8, 4) is 0 Å². The number of benzene rings is 1. The number of nitrogens with zero attached hydrogens (tertiary/aromatic N) is 2. The van der Waals surface area contributed by atoms with Crippen molar-refractivity contribution in [2.75, 3.05) is 16.8 Å². The summed E-state index contributed by atoms with van der Waals surface area (Å²) < 4.78 is 1.81. The number of hydrogen-bond donors (Lipinski definition) is 1. The quantitative estimate of drug-likeness (QED) is 0.770. The van der Waals surface area contributed by atoms with Crippen molar-refractivity contribution in [3.05, 3.63) is 29.8 Å². The van der Waals surface area contributed by atoms with Crippen LogP contribution < -0.4 is 5.32 Å². The Morgan fingerprint density at radius 2 is 1.95 bits per heavy atom. The number of nitrogens with one attached hydrogen (secondary N) is 1. The van der Waals surface area contributed by atoms with Crippen LogP contribution in [0.15, 0.2) is 32.9 Å². The molecule has 112 valence electrons. The second kappa shape index (κ2) is 8.41. The van der Waals surface area contributed by atoms with Crippen molar-refractivity contribution < 1.29 is 4.79 Å². The van der Waals surface area contributed by atoms with Gasteiger partial charge in [-0.25, -0.2) is 0 Å². The Morgan fingerprint density at radius 1 is 1.24 bits per heavy atom. The molecule has 0 atom stereocenters. The number of carbonyl (C=O) groups excluding carboxylic acids is 1. The van der Waals surface area contributed by atoms with Crippen molar-refractivity contribution in [1.82, 2.24) is 10.2 Å². The van der Waals surface area contributed by atoms with Crippen LogP contribution in [0, 0.1) is 6.92 Å². The van der Waals surface area contributed by atoms with Crippen LogP contribution >= 0.6 is 34.9 Å². The molecular weight excluding hydrogens is 322 g/mol. The van der Waals surface area contributed by atoms with Gasteiger partial charge in [0.25, 0.3) is 0 Å². The van der Waals surface area contributed by atoms with Crippen molar-refractivity contribution >= 4 is 46.5 Å². The fraction of sp³-hybridized carbons (Fsp3) is 0.357. The zero-order valence-electron chi connectivity index (χ0n) is 12.0. The van der Waals surface area contributed by atoms with Crippen molar-refractivity contribution in [3.63, 3.8) is 0 Å². The van der Waals surface area contributed by atoms with E-state index in [0.29, 0.717) is 5.75 Å². The molecule has 0 fully saturated rings. The molecule has 7 heteroatoms. The SMILES string of the molecule is CCCSc1nnc(SCC(=O)Nc2ccccc2C)s1. The van der Waals surface area contributed by atoms with Crippen molar-refractivity contribution in [2.24, 2.45) is 0 Å². The van der Waals surface area contributed by atoms with Crippen LogP contribution in [0.1, 0.15) is 18.9 Å². The highest BCUT2D eigenvalue weighted by molar-refractivity contribution is 8.03. The van der Waals surface area contributed by atoms with Crippen molar-refractivity contribution in [1.29, 1.82) is 0 Å². The zero-order valence-corrected chi connectivity index (χ0v) is 14.4. The first kappa shape index (κ1) is 16.3. The normalized spacial score (nSPS) is 10.6. The topological polar surface area (TPSA) is 54.9 Å². The van der Waals surface area contributed by atoms with E-state index in [1.165, 1.54) is 11.8 Å². The number of thioether (sulfide) groups is 2. The molecule has 21 heavy (non-hydrogen) atoms. The minimum atomic E-state index is -0.0211. The molecule has 0 aliphatic heterocycles. The Kier molecular flexibility index (Phi) is 6.53. The van der Waals surface area contributed by atoms with Gasteiger partial charge in [-0.05, 0) is 25.0 Å². The number of aryl methyl sites for hydroxylation is 1. The Hall–Kier alpha value is -1.05. The number of hydrogen-bond acceptors (Lipinski definition) is 6. The number of para-hydroxylation sites is 1. The minimum Gasteiger partial charge on any atom is -0.325 e. The van der Waals surface area contributed by atoms with E-state index in [4.69, 9.17) is 0 Å². The summed E-state index contributed by atoms with van der Waals surface area (Å²) in [6.07, 6.45) is 1.12. The molecule has 1 heterocycles. The van der Waals surface area contributed by atoms with Gasteiger partial charge in [0.2, 0.25) is 5.91 Å². The molecule has 2 rings (SSSR count). The highest BCUT2D eigenvalue weighted by Gasteiger charge is 2.09. The molecule has 0 aliphatic carbocycles. The maximum atomic E-state index is 11.9. The Morgan fingerprint density at radius 3 is 2.67 bits per heavy atom. The number of rotatable bonds is 7. The van der Waals surface area contributed by atoms with Crippen molar-refractivity contribution in [2.45, 2.75) is 28.9 Å². The lowest BCUT2D eigenvalue weighted by atomic mass is 10.2. The smallest absolute Gasteiger partial charge is 0.234 e. The van der Waals surface area contributed by atoms with E-state index < -0.39 is 0 Å². The van der Waals surface area contributed by atoms with E-state index in [2.05, 4.69) is 22.4 Å². The minimum absolute atomic E-state index is 0.0211. The van der Waals surface area contributed by atoms with E-state index in [0.717, 1.165) is 32.1 Å². The van der Waals surface area contributed by atoms with Crippen LogP contribution in [-0.2, 0) is 4.79 Å². The summed E-state index contributed by atoms with van der Waals surface area (Å²) in [5, 5.41) is 11.1. The molecule has 1 aromatic heterocycles. The summed E-state index contributed by atoms with van der Waals surface area (Å²) in [6.45, 7) is 4.12. The van der Waals surface area contributed by atoms with Crippen LogP contribution in [0.5, 0.6) is 0 Å². The third kappa shape index (κ3) is 5.33. The molecule has 1 aromatic carbocycles. The molecule has 0 unspecified atom stereocenters. The van der Waals surface area contributed by atoms with Gasteiger partial charge in [-0.2, -0.15) is 0 Å². The van der Waals surface area contributed by atoms with E-state index >= 15 is 0 Å². The Labute approximate surface area is 137 Å².